The lowest BCUT2D eigenvalue weighted by Crippen LogP contribution is -2.25. The first-order chi connectivity index (χ1) is 9.22. The van der Waals surface area contributed by atoms with Crippen LogP contribution in [0.4, 0.5) is 11.4 Å². The van der Waals surface area contributed by atoms with Crippen molar-refractivity contribution in [2.75, 3.05) is 31.4 Å². The van der Waals surface area contributed by atoms with Crippen molar-refractivity contribution < 1.29 is 9.47 Å². The Kier molecular flexibility index (Phi) is 7.11. The quantitative estimate of drug-likeness (QED) is 0.673. The number of ether oxygens (including phenoxy) is 2. The summed E-state index contributed by atoms with van der Waals surface area (Å²) in [6, 6.07) is 6.12. The third-order valence-electron chi connectivity index (χ3n) is 2.89. The van der Waals surface area contributed by atoms with E-state index >= 15 is 0 Å². The van der Waals surface area contributed by atoms with Crippen LogP contribution in [0.15, 0.2) is 18.2 Å². The number of nitrogens with two attached hydrogens (primary N) is 1. The maximum absolute atomic E-state index is 6.14. The van der Waals surface area contributed by atoms with Gasteiger partial charge in [0.15, 0.2) is 0 Å². The molecule has 19 heavy (non-hydrogen) atoms. The van der Waals surface area contributed by atoms with E-state index in [9.17, 15) is 0 Å². The monoisotopic (exact) mass is 266 g/mol. The number of hydrogen-bond donors (Lipinski definition) is 2. The summed E-state index contributed by atoms with van der Waals surface area (Å²) in [5, 5.41) is 3.44. The van der Waals surface area contributed by atoms with E-state index in [0.29, 0.717) is 18.9 Å². The van der Waals surface area contributed by atoms with Crippen molar-refractivity contribution in [3.63, 3.8) is 0 Å². The van der Waals surface area contributed by atoms with Crippen molar-refractivity contribution in [1.82, 2.24) is 0 Å². The van der Waals surface area contributed by atoms with Crippen molar-refractivity contribution in [2.24, 2.45) is 0 Å². The Bertz CT molecular complexity index is 363. The third-order valence-corrected chi connectivity index (χ3v) is 2.89. The molecule has 108 valence electrons. The molecule has 1 atom stereocenters. The smallest absolute Gasteiger partial charge is 0.144 e. The standard InChI is InChI=1S/C15H26N2O2/c1-4-7-12(11-18-3)17-13-8-6-9-14(15(13)16)19-10-5-2/h6,8-9,12,17H,4-5,7,10-11,16H2,1-3H3. The molecule has 1 aromatic carbocycles. The van der Waals surface area contributed by atoms with Crippen LogP contribution < -0.4 is 15.8 Å². The minimum Gasteiger partial charge on any atom is -0.491 e. The average Bonchev–Trinajstić information content (AvgIpc) is 2.40. The van der Waals surface area contributed by atoms with Crippen LogP contribution in [-0.2, 0) is 4.74 Å². The number of nitrogens with one attached hydrogen (secondary N) is 1. The van der Waals surface area contributed by atoms with Gasteiger partial charge >= 0.3 is 0 Å². The molecule has 0 aliphatic carbocycles. The van der Waals surface area contributed by atoms with Crippen LogP contribution in [0.1, 0.15) is 33.1 Å². The number of anilines is 2. The number of rotatable bonds is 9. The second kappa shape index (κ2) is 8.64. The summed E-state index contributed by atoms with van der Waals surface area (Å²) < 4.78 is 10.9. The molecular formula is C15H26N2O2. The molecular weight excluding hydrogens is 240 g/mol. The fourth-order valence-electron chi connectivity index (χ4n) is 1.97. The maximum Gasteiger partial charge on any atom is 0.144 e. The molecule has 0 radical (unpaired) electrons. The molecule has 4 nitrogen and oxygen atoms in total. The molecule has 0 heterocycles. The SMILES string of the molecule is CCCOc1cccc(NC(CCC)COC)c1N. The zero-order chi connectivity index (χ0) is 14.1. The number of benzene rings is 1. The van der Waals surface area contributed by atoms with Crippen molar-refractivity contribution in [3.05, 3.63) is 18.2 Å². The molecule has 0 aliphatic rings. The number of nitrogen functional groups attached to an aromatic ring is 1. The minimum absolute atomic E-state index is 0.277. The minimum atomic E-state index is 0.277. The van der Waals surface area contributed by atoms with Gasteiger partial charge in [0.2, 0.25) is 0 Å². The third kappa shape index (κ3) is 4.99. The summed E-state index contributed by atoms with van der Waals surface area (Å²) in [5.74, 6) is 0.750. The molecule has 0 fully saturated rings. The van der Waals surface area contributed by atoms with Gasteiger partial charge in [-0.1, -0.05) is 26.3 Å². The molecule has 0 aliphatic heterocycles. The Morgan fingerprint density at radius 1 is 1.26 bits per heavy atom. The summed E-state index contributed by atoms with van der Waals surface area (Å²) in [7, 11) is 1.72. The lowest BCUT2D eigenvalue weighted by atomic mass is 10.1. The van der Waals surface area contributed by atoms with Gasteiger partial charge in [-0.15, -0.1) is 0 Å². The van der Waals surface area contributed by atoms with Crippen molar-refractivity contribution >= 4 is 11.4 Å². The fourth-order valence-corrected chi connectivity index (χ4v) is 1.97. The van der Waals surface area contributed by atoms with Crippen LogP contribution in [0, 0.1) is 0 Å². The number of methoxy groups -OCH3 is 1. The van der Waals surface area contributed by atoms with Gasteiger partial charge in [0.25, 0.3) is 0 Å². The normalized spacial score (nSPS) is 12.2. The van der Waals surface area contributed by atoms with Crippen molar-refractivity contribution in [1.29, 1.82) is 0 Å². The van der Waals surface area contributed by atoms with E-state index in [0.717, 1.165) is 30.7 Å². The van der Waals surface area contributed by atoms with E-state index in [1.165, 1.54) is 0 Å². The lowest BCUT2D eigenvalue weighted by molar-refractivity contribution is 0.182. The summed E-state index contributed by atoms with van der Waals surface area (Å²) in [5.41, 5.74) is 7.73. The Labute approximate surface area is 116 Å². The van der Waals surface area contributed by atoms with Crippen LogP contribution in [0.2, 0.25) is 0 Å². The van der Waals surface area contributed by atoms with Gasteiger partial charge in [-0.2, -0.15) is 0 Å². The highest BCUT2D eigenvalue weighted by Crippen LogP contribution is 2.30. The largest absolute Gasteiger partial charge is 0.491 e. The van der Waals surface area contributed by atoms with Gasteiger partial charge in [-0.3, -0.25) is 0 Å². The van der Waals surface area contributed by atoms with Crippen molar-refractivity contribution in [3.8, 4) is 5.75 Å². The van der Waals surface area contributed by atoms with Crippen LogP contribution >= 0.6 is 0 Å². The van der Waals surface area contributed by atoms with E-state index in [1.54, 1.807) is 7.11 Å². The van der Waals surface area contributed by atoms with E-state index in [1.807, 2.05) is 18.2 Å². The maximum atomic E-state index is 6.14. The first-order valence-corrected chi connectivity index (χ1v) is 6.99. The molecule has 1 unspecified atom stereocenters. The van der Waals surface area contributed by atoms with E-state index < -0.39 is 0 Å². The predicted octanol–water partition coefficient (Wildman–Crippen LogP) is 3.28. The second-order valence-electron chi connectivity index (χ2n) is 4.65. The van der Waals surface area contributed by atoms with Gasteiger partial charge in [0.1, 0.15) is 5.75 Å². The van der Waals surface area contributed by atoms with Gasteiger partial charge in [0.05, 0.1) is 24.6 Å². The van der Waals surface area contributed by atoms with Crippen LogP contribution in [0.5, 0.6) is 5.75 Å². The Morgan fingerprint density at radius 3 is 2.68 bits per heavy atom. The fraction of sp³-hybridized carbons (Fsp3) is 0.600. The van der Waals surface area contributed by atoms with Gasteiger partial charge in [-0.05, 0) is 25.0 Å². The molecule has 4 heteroatoms. The zero-order valence-electron chi connectivity index (χ0n) is 12.2. The summed E-state index contributed by atoms with van der Waals surface area (Å²) in [4.78, 5) is 0. The summed E-state index contributed by atoms with van der Waals surface area (Å²) >= 11 is 0. The predicted molar refractivity (Wildman–Crippen MR) is 80.8 cm³/mol. The number of hydrogen-bond acceptors (Lipinski definition) is 4. The molecule has 0 saturated carbocycles. The van der Waals surface area contributed by atoms with Crippen LogP contribution in [0.3, 0.4) is 0 Å². The molecule has 0 saturated heterocycles. The first-order valence-electron chi connectivity index (χ1n) is 6.99. The highest BCUT2D eigenvalue weighted by molar-refractivity contribution is 5.73. The number of para-hydroxylation sites is 1. The molecule has 1 rings (SSSR count). The Balaban J connectivity index is 2.75. The topological polar surface area (TPSA) is 56.5 Å². The van der Waals surface area contributed by atoms with Gasteiger partial charge in [0, 0.05) is 13.2 Å². The molecule has 0 spiro atoms. The lowest BCUT2D eigenvalue weighted by Gasteiger charge is -2.20. The van der Waals surface area contributed by atoms with Crippen LogP contribution in [-0.4, -0.2) is 26.4 Å². The average molecular weight is 266 g/mol. The van der Waals surface area contributed by atoms with E-state index in [-0.39, 0.29) is 6.04 Å². The second-order valence-corrected chi connectivity index (χ2v) is 4.65. The van der Waals surface area contributed by atoms with E-state index in [2.05, 4.69) is 19.2 Å². The van der Waals surface area contributed by atoms with E-state index in [4.69, 9.17) is 15.2 Å². The molecule has 3 N–H and O–H groups in total. The molecule has 0 aromatic heterocycles. The Morgan fingerprint density at radius 2 is 2.05 bits per heavy atom. The van der Waals surface area contributed by atoms with Gasteiger partial charge < -0.3 is 20.5 Å². The van der Waals surface area contributed by atoms with Crippen LogP contribution in [0.25, 0.3) is 0 Å². The molecule has 0 bridgehead atoms. The molecule has 0 amide bonds. The highest BCUT2D eigenvalue weighted by Gasteiger charge is 2.11. The molecule has 1 aromatic rings. The zero-order valence-corrected chi connectivity index (χ0v) is 12.2. The Hall–Kier alpha value is -1.42. The summed E-state index contributed by atoms with van der Waals surface area (Å²) in [6.45, 7) is 5.60. The highest BCUT2D eigenvalue weighted by atomic mass is 16.5. The van der Waals surface area contributed by atoms with Gasteiger partial charge in [-0.25, -0.2) is 0 Å². The summed E-state index contributed by atoms with van der Waals surface area (Å²) in [6.07, 6.45) is 3.12. The van der Waals surface area contributed by atoms with Crippen molar-refractivity contribution in [2.45, 2.75) is 39.2 Å². The first kappa shape index (κ1) is 15.6.